The Hall–Kier alpha value is -3.72. The number of halogens is 1. The topological polar surface area (TPSA) is 81.9 Å². The van der Waals surface area contributed by atoms with Crippen LogP contribution in [0.5, 0.6) is 11.6 Å². The minimum Gasteiger partial charge on any atom is -0.439 e. The summed E-state index contributed by atoms with van der Waals surface area (Å²) in [7, 11) is 0. The highest BCUT2D eigenvalue weighted by Crippen LogP contribution is 2.23. The number of para-hydroxylation sites is 1. The summed E-state index contributed by atoms with van der Waals surface area (Å²) in [4.78, 5) is 16.6. The van der Waals surface area contributed by atoms with E-state index >= 15 is 0 Å². The molecule has 0 atom stereocenters. The van der Waals surface area contributed by atoms with Crippen LogP contribution in [-0.4, -0.2) is 31.4 Å². The fourth-order valence-corrected chi connectivity index (χ4v) is 3.91. The van der Waals surface area contributed by atoms with Gasteiger partial charge in [0, 0.05) is 18.8 Å². The first-order valence-electron chi connectivity index (χ1n) is 10.4. The lowest BCUT2D eigenvalue weighted by Gasteiger charge is -2.11. The fourth-order valence-electron chi connectivity index (χ4n) is 3.15. The van der Waals surface area contributed by atoms with Gasteiger partial charge in [0.1, 0.15) is 17.9 Å². The van der Waals surface area contributed by atoms with Crippen molar-refractivity contribution in [1.29, 1.82) is 0 Å². The maximum atomic E-state index is 13.0. The number of nitrogens with one attached hydrogen (secondary N) is 1. The molecule has 0 aliphatic heterocycles. The maximum absolute atomic E-state index is 13.0. The number of rotatable bonds is 9. The van der Waals surface area contributed by atoms with Gasteiger partial charge in [-0.1, -0.05) is 36.9 Å². The van der Waals surface area contributed by atoms with Crippen LogP contribution >= 0.6 is 11.8 Å². The van der Waals surface area contributed by atoms with Crippen molar-refractivity contribution in [2.24, 2.45) is 0 Å². The number of hydrogen-bond acceptors (Lipinski definition) is 6. The molecule has 9 heteroatoms. The van der Waals surface area contributed by atoms with Crippen molar-refractivity contribution in [2.75, 3.05) is 5.75 Å². The van der Waals surface area contributed by atoms with Crippen LogP contribution in [0.1, 0.15) is 18.1 Å². The zero-order valence-electron chi connectivity index (χ0n) is 17.9. The molecular formula is C24H22FN5O2S. The van der Waals surface area contributed by atoms with Crippen molar-refractivity contribution in [3.63, 3.8) is 0 Å². The Kier molecular flexibility index (Phi) is 7.31. The van der Waals surface area contributed by atoms with Gasteiger partial charge in [-0.25, -0.2) is 9.37 Å². The average molecular weight is 464 g/mol. The second-order valence-corrected chi connectivity index (χ2v) is 8.03. The Labute approximate surface area is 195 Å². The molecule has 168 valence electrons. The van der Waals surface area contributed by atoms with Gasteiger partial charge in [0.05, 0.1) is 11.4 Å². The molecule has 2 aromatic heterocycles. The minimum absolute atomic E-state index is 0.129. The summed E-state index contributed by atoms with van der Waals surface area (Å²) in [6, 6.07) is 17.3. The van der Waals surface area contributed by atoms with Crippen LogP contribution in [0.15, 0.2) is 78.3 Å². The molecule has 0 fully saturated rings. The van der Waals surface area contributed by atoms with Gasteiger partial charge in [0.25, 0.3) is 0 Å². The van der Waals surface area contributed by atoms with Gasteiger partial charge in [0.15, 0.2) is 5.16 Å². The summed E-state index contributed by atoms with van der Waals surface area (Å²) in [5, 5.41) is 11.7. The molecule has 4 rings (SSSR count). The fraction of sp³-hybridized carbons (Fsp3) is 0.167. The minimum atomic E-state index is -0.336. The van der Waals surface area contributed by atoms with Crippen LogP contribution in [0, 0.1) is 5.82 Å². The molecule has 0 spiro atoms. The Morgan fingerprint density at radius 3 is 2.79 bits per heavy atom. The van der Waals surface area contributed by atoms with Gasteiger partial charge in [-0.05, 0) is 53.9 Å². The molecular weight excluding hydrogens is 441 g/mol. The Bertz CT molecular complexity index is 1230. The second kappa shape index (κ2) is 10.7. The van der Waals surface area contributed by atoms with Crippen molar-refractivity contribution in [1.82, 2.24) is 25.1 Å². The molecule has 1 amide bonds. The van der Waals surface area contributed by atoms with Gasteiger partial charge < -0.3 is 10.1 Å². The summed E-state index contributed by atoms with van der Waals surface area (Å²) >= 11 is 1.33. The third-order valence-electron chi connectivity index (χ3n) is 4.81. The van der Waals surface area contributed by atoms with Gasteiger partial charge in [0.2, 0.25) is 11.8 Å². The van der Waals surface area contributed by atoms with Crippen molar-refractivity contribution < 1.29 is 13.9 Å². The van der Waals surface area contributed by atoms with E-state index in [0.717, 1.165) is 17.7 Å². The predicted octanol–water partition coefficient (Wildman–Crippen LogP) is 4.56. The maximum Gasteiger partial charge on any atom is 0.230 e. The number of benzene rings is 2. The number of carbonyl (C=O) groups is 1. The third-order valence-corrected chi connectivity index (χ3v) is 5.75. The van der Waals surface area contributed by atoms with Gasteiger partial charge in [-0.15, -0.1) is 10.2 Å². The van der Waals surface area contributed by atoms with Crippen LogP contribution in [0.25, 0.3) is 5.69 Å². The lowest BCUT2D eigenvalue weighted by Crippen LogP contribution is -2.24. The number of pyridine rings is 1. The van der Waals surface area contributed by atoms with Crippen LogP contribution < -0.4 is 10.1 Å². The normalized spacial score (nSPS) is 10.7. The number of nitrogens with zero attached hydrogens (tertiary/aromatic N) is 4. The first-order valence-corrected chi connectivity index (χ1v) is 11.4. The lowest BCUT2D eigenvalue weighted by atomic mass is 10.1. The molecule has 0 bridgehead atoms. The summed E-state index contributed by atoms with van der Waals surface area (Å²) in [6.45, 7) is 2.42. The SMILES string of the molecule is CCc1ccccc1-n1cnnc1SCC(=O)NCc1ccnc(Oc2ccc(F)cc2)c1. The molecule has 0 saturated heterocycles. The molecule has 2 heterocycles. The van der Waals surface area contributed by atoms with Crippen molar-refractivity contribution in [3.8, 4) is 17.3 Å². The standard InChI is InChI=1S/C24H22FN5O2S/c1-2-18-5-3-4-6-21(18)30-16-28-29-24(30)33-15-22(31)27-14-17-11-12-26-23(13-17)32-20-9-7-19(25)8-10-20/h3-13,16H,2,14-15H2,1H3,(H,27,31). The third kappa shape index (κ3) is 5.95. The summed E-state index contributed by atoms with van der Waals surface area (Å²) < 4.78 is 20.6. The monoisotopic (exact) mass is 463 g/mol. The molecule has 4 aromatic rings. The first kappa shape index (κ1) is 22.5. The van der Waals surface area contributed by atoms with Crippen molar-refractivity contribution in [2.45, 2.75) is 25.0 Å². The zero-order valence-corrected chi connectivity index (χ0v) is 18.8. The summed E-state index contributed by atoms with van der Waals surface area (Å²) in [6.07, 6.45) is 4.15. The van der Waals surface area contributed by atoms with E-state index in [2.05, 4.69) is 33.5 Å². The average Bonchev–Trinajstić information content (AvgIpc) is 3.31. The van der Waals surface area contributed by atoms with Crippen molar-refractivity contribution >= 4 is 17.7 Å². The van der Waals surface area contributed by atoms with E-state index in [1.165, 1.54) is 41.6 Å². The van der Waals surface area contributed by atoms with Crippen LogP contribution in [0.4, 0.5) is 4.39 Å². The van der Waals surface area contributed by atoms with E-state index in [1.54, 1.807) is 24.7 Å². The highest BCUT2D eigenvalue weighted by molar-refractivity contribution is 7.99. The Morgan fingerprint density at radius 1 is 1.15 bits per heavy atom. The molecule has 1 N–H and O–H groups in total. The number of ether oxygens (including phenoxy) is 1. The van der Waals surface area contributed by atoms with E-state index in [1.807, 2.05) is 22.8 Å². The van der Waals surface area contributed by atoms with Gasteiger partial charge >= 0.3 is 0 Å². The molecule has 0 saturated carbocycles. The quantitative estimate of drug-likeness (QED) is 0.366. The van der Waals surface area contributed by atoms with E-state index in [4.69, 9.17) is 4.74 Å². The smallest absolute Gasteiger partial charge is 0.230 e. The lowest BCUT2D eigenvalue weighted by molar-refractivity contribution is -0.118. The van der Waals surface area contributed by atoms with Crippen LogP contribution in [0.3, 0.4) is 0 Å². The summed E-state index contributed by atoms with van der Waals surface area (Å²) in [5.41, 5.74) is 3.03. The van der Waals surface area contributed by atoms with E-state index in [9.17, 15) is 9.18 Å². The molecule has 33 heavy (non-hydrogen) atoms. The zero-order chi connectivity index (χ0) is 23.0. The molecule has 2 aromatic carbocycles. The van der Waals surface area contributed by atoms with Crippen LogP contribution in [-0.2, 0) is 17.8 Å². The highest BCUT2D eigenvalue weighted by Gasteiger charge is 2.12. The number of hydrogen-bond donors (Lipinski definition) is 1. The molecule has 0 unspecified atom stereocenters. The Balaban J connectivity index is 1.32. The second-order valence-electron chi connectivity index (χ2n) is 7.09. The van der Waals surface area contributed by atoms with Gasteiger partial charge in [-0.2, -0.15) is 0 Å². The van der Waals surface area contributed by atoms with Crippen molar-refractivity contribution in [3.05, 3.63) is 90.1 Å². The molecule has 0 aliphatic rings. The molecule has 7 nitrogen and oxygen atoms in total. The largest absolute Gasteiger partial charge is 0.439 e. The number of amides is 1. The van der Waals surface area contributed by atoms with Crippen LogP contribution in [0.2, 0.25) is 0 Å². The molecule has 0 radical (unpaired) electrons. The number of thioether (sulfide) groups is 1. The number of aromatic nitrogens is 4. The van der Waals surface area contributed by atoms with E-state index in [-0.39, 0.29) is 17.5 Å². The number of aryl methyl sites for hydroxylation is 1. The van der Waals surface area contributed by atoms with Gasteiger partial charge in [-0.3, -0.25) is 9.36 Å². The Morgan fingerprint density at radius 2 is 1.97 bits per heavy atom. The highest BCUT2D eigenvalue weighted by atomic mass is 32.2. The van der Waals surface area contributed by atoms with E-state index < -0.39 is 0 Å². The first-order chi connectivity index (χ1) is 16.1. The number of carbonyl (C=O) groups excluding carboxylic acids is 1. The van der Waals surface area contributed by atoms with E-state index in [0.29, 0.717) is 23.3 Å². The molecule has 0 aliphatic carbocycles. The predicted molar refractivity (Wildman–Crippen MR) is 124 cm³/mol. The summed E-state index contributed by atoms with van der Waals surface area (Å²) in [5.74, 6) is 0.589.